The van der Waals surface area contributed by atoms with E-state index in [0.717, 1.165) is 0 Å². The molecule has 0 aliphatic carbocycles. The fourth-order valence-electron chi connectivity index (χ4n) is 2.25. The number of para-hydroxylation sites is 1. The van der Waals surface area contributed by atoms with Crippen LogP contribution >= 0.6 is 11.6 Å². The molecule has 0 bridgehead atoms. The molecule has 10 heteroatoms. The number of nitrogens with one attached hydrogen (secondary N) is 3. The van der Waals surface area contributed by atoms with Crippen LogP contribution in [0.3, 0.4) is 0 Å². The second-order valence-corrected chi connectivity index (χ2v) is 5.42. The van der Waals surface area contributed by atoms with E-state index in [0.29, 0.717) is 29.2 Å². The second-order valence-electron chi connectivity index (χ2n) is 5.08. The number of aromatic amines is 1. The number of nitrogens with zero attached hydrogens (tertiary/aromatic N) is 3. The van der Waals surface area contributed by atoms with Crippen molar-refractivity contribution in [3.8, 4) is 0 Å². The van der Waals surface area contributed by atoms with Crippen LogP contribution in [-0.2, 0) is 4.79 Å². The third kappa shape index (κ3) is 3.83. The molecule has 25 heavy (non-hydrogen) atoms. The number of hydrogen-bond donors (Lipinski definition) is 4. The number of halogens is 1. The average Bonchev–Trinajstić information content (AvgIpc) is 3.03. The molecule has 0 fully saturated rings. The molecule has 0 atom stereocenters. The third-order valence-corrected chi connectivity index (χ3v) is 3.54. The Balaban J connectivity index is 1.61. The van der Waals surface area contributed by atoms with E-state index in [9.17, 15) is 9.59 Å². The van der Waals surface area contributed by atoms with E-state index in [2.05, 4.69) is 30.6 Å². The second kappa shape index (κ2) is 7.14. The first-order valence-corrected chi connectivity index (χ1v) is 7.71. The normalized spacial score (nSPS) is 10.6. The van der Waals surface area contributed by atoms with Gasteiger partial charge in [0.1, 0.15) is 5.52 Å². The van der Waals surface area contributed by atoms with Crippen LogP contribution in [0.25, 0.3) is 11.2 Å². The van der Waals surface area contributed by atoms with Crippen molar-refractivity contribution in [3.05, 3.63) is 41.4 Å². The Morgan fingerprint density at radius 1 is 1.24 bits per heavy atom. The number of rotatable bonds is 6. The van der Waals surface area contributed by atoms with E-state index in [1.54, 1.807) is 24.3 Å². The van der Waals surface area contributed by atoms with Gasteiger partial charge in [-0.15, -0.1) is 0 Å². The Bertz CT molecular complexity index is 941. The Morgan fingerprint density at radius 2 is 2.04 bits per heavy atom. The molecule has 128 valence electrons. The number of carbonyl (C=O) groups is 2. The monoisotopic (exact) mass is 359 g/mol. The van der Waals surface area contributed by atoms with Crippen molar-refractivity contribution in [2.24, 2.45) is 5.73 Å². The van der Waals surface area contributed by atoms with Gasteiger partial charge in [0.25, 0.3) is 5.91 Å². The number of primary amides is 1. The first-order valence-electron chi connectivity index (χ1n) is 7.34. The summed E-state index contributed by atoms with van der Waals surface area (Å²) in [7, 11) is 0. The van der Waals surface area contributed by atoms with E-state index >= 15 is 0 Å². The van der Waals surface area contributed by atoms with Crippen molar-refractivity contribution in [3.63, 3.8) is 0 Å². The smallest absolute Gasteiger partial charge is 0.250 e. The lowest BCUT2D eigenvalue weighted by Gasteiger charge is -2.10. The predicted molar refractivity (Wildman–Crippen MR) is 93.4 cm³/mol. The Kier molecular flexibility index (Phi) is 4.75. The molecule has 9 nitrogen and oxygen atoms in total. The molecule has 5 N–H and O–H groups in total. The SMILES string of the molecule is NC(=O)c1ccccc1NC(=O)CCNc1nc(Cl)nc2nc[nH]c12. The highest BCUT2D eigenvalue weighted by molar-refractivity contribution is 6.28. The fourth-order valence-corrected chi connectivity index (χ4v) is 2.41. The molecule has 0 radical (unpaired) electrons. The molecule has 0 spiro atoms. The van der Waals surface area contributed by atoms with Crippen LogP contribution in [0.2, 0.25) is 5.28 Å². The highest BCUT2D eigenvalue weighted by atomic mass is 35.5. The lowest BCUT2D eigenvalue weighted by Crippen LogP contribution is -2.20. The Hall–Kier alpha value is -3.20. The van der Waals surface area contributed by atoms with E-state index in [1.165, 1.54) is 6.33 Å². The number of imidazole rings is 1. The summed E-state index contributed by atoms with van der Waals surface area (Å²) in [6, 6.07) is 6.54. The van der Waals surface area contributed by atoms with E-state index in [-0.39, 0.29) is 23.2 Å². The highest BCUT2D eigenvalue weighted by Gasteiger charge is 2.12. The van der Waals surface area contributed by atoms with Gasteiger partial charge < -0.3 is 21.4 Å². The number of amides is 2. The van der Waals surface area contributed by atoms with Gasteiger partial charge >= 0.3 is 0 Å². The van der Waals surface area contributed by atoms with Gasteiger partial charge in [-0.2, -0.15) is 9.97 Å². The van der Waals surface area contributed by atoms with Crippen molar-refractivity contribution in [1.29, 1.82) is 0 Å². The molecule has 0 saturated carbocycles. The van der Waals surface area contributed by atoms with Crippen LogP contribution in [0.4, 0.5) is 11.5 Å². The first kappa shape index (κ1) is 16.7. The van der Waals surface area contributed by atoms with E-state index in [4.69, 9.17) is 17.3 Å². The minimum Gasteiger partial charge on any atom is -0.368 e. The van der Waals surface area contributed by atoms with Gasteiger partial charge in [0.2, 0.25) is 11.2 Å². The van der Waals surface area contributed by atoms with Crippen molar-refractivity contribution in [2.75, 3.05) is 17.2 Å². The van der Waals surface area contributed by atoms with Gasteiger partial charge in [0, 0.05) is 13.0 Å². The molecule has 3 rings (SSSR count). The number of anilines is 2. The molecule has 2 amide bonds. The van der Waals surface area contributed by atoms with Crippen LogP contribution in [-0.4, -0.2) is 38.3 Å². The average molecular weight is 360 g/mol. The summed E-state index contributed by atoms with van der Waals surface area (Å²) >= 11 is 5.84. The lowest BCUT2D eigenvalue weighted by atomic mass is 10.1. The van der Waals surface area contributed by atoms with Crippen LogP contribution in [0.5, 0.6) is 0 Å². The highest BCUT2D eigenvalue weighted by Crippen LogP contribution is 2.18. The van der Waals surface area contributed by atoms with Crippen molar-refractivity contribution < 1.29 is 9.59 Å². The van der Waals surface area contributed by atoms with Gasteiger partial charge in [0.15, 0.2) is 11.5 Å². The minimum absolute atomic E-state index is 0.0573. The molecule has 1 aromatic carbocycles. The molecule has 0 aliphatic heterocycles. The van der Waals surface area contributed by atoms with E-state index in [1.807, 2.05) is 0 Å². The van der Waals surface area contributed by atoms with Crippen molar-refractivity contribution >= 4 is 46.1 Å². The van der Waals surface area contributed by atoms with E-state index < -0.39 is 5.91 Å². The number of benzene rings is 1. The zero-order valence-corrected chi connectivity index (χ0v) is 13.7. The van der Waals surface area contributed by atoms with Gasteiger partial charge in [-0.1, -0.05) is 12.1 Å². The summed E-state index contributed by atoms with van der Waals surface area (Å²) < 4.78 is 0. The summed E-state index contributed by atoms with van der Waals surface area (Å²) in [6.07, 6.45) is 1.62. The standard InChI is InChI=1S/C15H14ClN7O2/c16-15-22-13(11-14(23-15)20-7-19-11)18-6-5-10(24)21-9-4-2-1-3-8(9)12(17)25/h1-4,7H,5-6H2,(H2,17,25)(H,21,24)(H2,18,19,20,22,23). The number of aromatic nitrogens is 4. The molecular formula is C15H14ClN7O2. The third-order valence-electron chi connectivity index (χ3n) is 3.37. The van der Waals surface area contributed by atoms with Gasteiger partial charge in [-0.3, -0.25) is 9.59 Å². The molecular weight excluding hydrogens is 346 g/mol. The van der Waals surface area contributed by atoms with Gasteiger partial charge in [-0.25, -0.2) is 4.98 Å². The molecule has 0 unspecified atom stereocenters. The number of hydrogen-bond acceptors (Lipinski definition) is 6. The molecule has 2 aromatic heterocycles. The lowest BCUT2D eigenvalue weighted by molar-refractivity contribution is -0.115. The summed E-state index contributed by atoms with van der Waals surface area (Å²) in [5.41, 5.74) is 6.95. The van der Waals surface area contributed by atoms with Crippen molar-refractivity contribution in [2.45, 2.75) is 6.42 Å². The summed E-state index contributed by atoms with van der Waals surface area (Å²) in [5.74, 6) is -0.425. The van der Waals surface area contributed by atoms with Gasteiger partial charge in [-0.05, 0) is 23.7 Å². The summed E-state index contributed by atoms with van der Waals surface area (Å²) in [4.78, 5) is 38.4. The number of nitrogens with two attached hydrogens (primary N) is 1. The Labute approximate surface area is 147 Å². The topological polar surface area (TPSA) is 139 Å². The number of H-pyrrole nitrogens is 1. The minimum atomic E-state index is -0.605. The number of carbonyl (C=O) groups excluding carboxylic acids is 2. The largest absolute Gasteiger partial charge is 0.368 e. The molecule has 2 heterocycles. The maximum absolute atomic E-state index is 12.1. The fraction of sp³-hybridized carbons (Fsp3) is 0.133. The zero-order valence-electron chi connectivity index (χ0n) is 12.9. The predicted octanol–water partition coefficient (Wildman–Crippen LogP) is 1.55. The van der Waals surface area contributed by atoms with Crippen LogP contribution in [0.15, 0.2) is 30.6 Å². The van der Waals surface area contributed by atoms with Crippen LogP contribution < -0.4 is 16.4 Å². The van der Waals surface area contributed by atoms with Crippen LogP contribution in [0, 0.1) is 0 Å². The maximum atomic E-state index is 12.1. The van der Waals surface area contributed by atoms with Crippen molar-refractivity contribution in [1.82, 2.24) is 19.9 Å². The van der Waals surface area contributed by atoms with Gasteiger partial charge in [0.05, 0.1) is 17.6 Å². The Morgan fingerprint density at radius 3 is 2.84 bits per heavy atom. The number of fused-ring (bicyclic) bond motifs is 1. The van der Waals surface area contributed by atoms with Crippen LogP contribution in [0.1, 0.15) is 16.8 Å². The molecule has 3 aromatic rings. The quantitative estimate of drug-likeness (QED) is 0.492. The molecule has 0 aliphatic rings. The summed E-state index contributed by atoms with van der Waals surface area (Å²) in [6.45, 7) is 0.298. The summed E-state index contributed by atoms with van der Waals surface area (Å²) in [5, 5.41) is 5.73. The zero-order chi connectivity index (χ0) is 17.8. The maximum Gasteiger partial charge on any atom is 0.250 e. The first-order chi connectivity index (χ1) is 12.0. The molecule has 0 saturated heterocycles.